The highest BCUT2D eigenvalue weighted by molar-refractivity contribution is 7.92. The first-order valence-electron chi connectivity index (χ1n) is 5.19. The molecule has 1 aromatic heterocycles. The van der Waals surface area contributed by atoms with E-state index < -0.39 is 21.1 Å². The number of sulfone groups is 1. The fourth-order valence-electron chi connectivity index (χ4n) is 1.24. The summed E-state index contributed by atoms with van der Waals surface area (Å²) in [5.74, 6) is -1.49. The van der Waals surface area contributed by atoms with Gasteiger partial charge in [0, 0.05) is 11.9 Å². The van der Waals surface area contributed by atoms with Gasteiger partial charge in [-0.15, -0.1) is 0 Å². The Kier molecular flexibility index (Phi) is 4.22. The minimum atomic E-state index is -3.60. The molecule has 1 heterocycles. The average molecular weight is 257 g/mol. The molecule has 6 heteroatoms. The summed E-state index contributed by atoms with van der Waals surface area (Å²) in [4.78, 5) is 14.7. The van der Waals surface area contributed by atoms with E-state index in [1.165, 1.54) is 6.92 Å². The van der Waals surface area contributed by atoms with Crippen LogP contribution in [0.5, 0.6) is 0 Å². The number of carboxylic acid groups (broad SMARTS) is 1. The van der Waals surface area contributed by atoms with Crippen LogP contribution in [0.3, 0.4) is 0 Å². The van der Waals surface area contributed by atoms with Crippen LogP contribution in [-0.2, 0) is 21.1 Å². The zero-order valence-electron chi connectivity index (χ0n) is 9.75. The third-order valence-electron chi connectivity index (χ3n) is 2.53. The van der Waals surface area contributed by atoms with E-state index in [0.29, 0.717) is 0 Å². The highest BCUT2D eigenvalue weighted by atomic mass is 32.2. The van der Waals surface area contributed by atoms with Crippen molar-refractivity contribution in [1.82, 2.24) is 4.98 Å². The van der Waals surface area contributed by atoms with Gasteiger partial charge in [0.2, 0.25) is 0 Å². The van der Waals surface area contributed by atoms with Crippen LogP contribution in [0.4, 0.5) is 0 Å². The Morgan fingerprint density at radius 2 is 2.12 bits per heavy atom. The Bertz CT molecular complexity index is 493. The molecule has 5 nitrogen and oxygen atoms in total. The fourth-order valence-corrected chi connectivity index (χ4v) is 2.42. The maximum atomic E-state index is 11.6. The third kappa shape index (κ3) is 3.81. The van der Waals surface area contributed by atoms with Crippen LogP contribution in [0.1, 0.15) is 18.2 Å². The normalized spacial score (nSPS) is 13.3. The van der Waals surface area contributed by atoms with Crippen LogP contribution in [0.15, 0.2) is 18.3 Å². The third-order valence-corrected chi connectivity index (χ3v) is 4.59. The van der Waals surface area contributed by atoms with Gasteiger partial charge < -0.3 is 5.11 Å². The predicted molar refractivity (Wildman–Crippen MR) is 63.6 cm³/mol. The fraction of sp³-hybridized carbons (Fsp3) is 0.455. The number of aromatic nitrogens is 1. The molecule has 1 rings (SSSR count). The topological polar surface area (TPSA) is 84.3 Å². The molecule has 0 spiro atoms. The second-order valence-corrected chi connectivity index (χ2v) is 6.35. The van der Waals surface area contributed by atoms with Crippen LogP contribution >= 0.6 is 0 Å². The molecule has 1 atom stereocenters. The number of pyridine rings is 1. The molecule has 1 unspecified atom stereocenters. The van der Waals surface area contributed by atoms with Crippen molar-refractivity contribution in [1.29, 1.82) is 0 Å². The quantitative estimate of drug-likeness (QED) is 0.844. The lowest BCUT2D eigenvalue weighted by Crippen LogP contribution is -2.29. The molecule has 0 saturated heterocycles. The minimum absolute atomic E-state index is 0.175. The van der Waals surface area contributed by atoms with Gasteiger partial charge in [-0.2, -0.15) is 0 Å². The van der Waals surface area contributed by atoms with Gasteiger partial charge in [-0.1, -0.05) is 6.07 Å². The molecule has 0 bridgehead atoms. The van der Waals surface area contributed by atoms with E-state index in [2.05, 4.69) is 4.98 Å². The average Bonchev–Trinajstić information content (AvgIpc) is 2.27. The molecular formula is C11H15NO4S. The standard InChI is InChI=1S/C11H15NO4S/c1-8-3-4-10(7-12-8)5-6-17(15,16)9(2)11(13)14/h3-4,7,9H,5-6H2,1-2H3,(H,13,14). The summed E-state index contributed by atoms with van der Waals surface area (Å²) in [6.07, 6.45) is 1.89. The van der Waals surface area contributed by atoms with Crippen molar-refractivity contribution in [2.24, 2.45) is 0 Å². The molecule has 0 aliphatic rings. The first-order chi connectivity index (χ1) is 7.83. The summed E-state index contributed by atoms with van der Waals surface area (Å²) in [5, 5.41) is 7.30. The predicted octanol–water partition coefficient (Wildman–Crippen LogP) is 0.820. The van der Waals surface area contributed by atoms with E-state index >= 15 is 0 Å². The van der Waals surface area contributed by atoms with E-state index in [1.54, 1.807) is 18.3 Å². The smallest absolute Gasteiger partial charge is 0.321 e. The molecule has 0 aliphatic carbocycles. The van der Waals surface area contributed by atoms with Crippen molar-refractivity contribution in [2.75, 3.05) is 5.75 Å². The highest BCUT2D eigenvalue weighted by Crippen LogP contribution is 2.07. The maximum absolute atomic E-state index is 11.6. The molecule has 0 fully saturated rings. The second kappa shape index (κ2) is 5.27. The van der Waals surface area contributed by atoms with Gasteiger partial charge in [0.25, 0.3) is 0 Å². The molecule has 0 aromatic carbocycles. The molecule has 1 aromatic rings. The second-order valence-electron chi connectivity index (χ2n) is 3.91. The Morgan fingerprint density at radius 3 is 2.59 bits per heavy atom. The first kappa shape index (κ1) is 13.6. The van der Waals surface area contributed by atoms with Crippen molar-refractivity contribution in [3.63, 3.8) is 0 Å². The lowest BCUT2D eigenvalue weighted by molar-refractivity contribution is -0.136. The molecule has 0 saturated carbocycles. The van der Waals surface area contributed by atoms with Gasteiger partial charge in [0.1, 0.15) is 0 Å². The Morgan fingerprint density at radius 1 is 1.47 bits per heavy atom. The number of carbonyl (C=O) groups is 1. The van der Waals surface area contributed by atoms with Crippen molar-refractivity contribution in [2.45, 2.75) is 25.5 Å². The van der Waals surface area contributed by atoms with Gasteiger partial charge in [0.05, 0.1) is 5.75 Å². The summed E-state index contributed by atoms with van der Waals surface area (Å²) in [7, 11) is -3.60. The van der Waals surface area contributed by atoms with Crippen molar-refractivity contribution < 1.29 is 18.3 Å². The summed E-state index contributed by atoms with van der Waals surface area (Å²) in [6.45, 7) is 3.03. The van der Waals surface area contributed by atoms with Gasteiger partial charge in [0.15, 0.2) is 15.1 Å². The van der Waals surface area contributed by atoms with E-state index in [-0.39, 0.29) is 12.2 Å². The van der Waals surface area contributed by atoms with E-state index in [4.69, 9.17) is 5.11 Å². The summed E-state index contributed by atoms with van der Waals surface area (Å²) in [5.41, 5.74) is 1.65. The van der Waals surface area contributed by atoms with Gasteiger partial charge >= 0.3 is 5.97 Å². The van der Waals surface area contributed by atoms with Crippen molar-refractivity contribution >= 4 is 15.8 Å². The lowest BCUT2D eigenvalue weighted by atomic mass is 10.2. The zero-order chi connectivity index (χ0) is 13.1. The largest absolute Gasteiger partial charge is 0.480 e. The molecule has 0 amide bonds. The number of nitrogens with zero attached hydrogens (tertiary/aromatic N) is 1. The minimum Gasteiger partial charge on any atom is -0.480 e. The monoisotopic (exact) mass is 257 g/mol. The van der Waals surface area contributed by atoms with Crippen LogP contribution < -0.4 is 0 Å². The van der Waals surface area contributed by atoms with Crippen LogP contribution in [-0.4, -0.2) is 35.5 Å². The van der Waals surface area contributed by atoms with Crippen LogP contribution in [0.2, 0.25) is 0 Å². The number of hydrogen-bond acceptors (Lipinski definition) is 4. The number of aliphatic carboxylic acids is 1. The molecule has 0 aliphatic heterocycles. The van der Waals surface area contributed by atoms with Crippen molar-refractivity contribution in [3.05, 3.63) is 29.6 Å². The summed E-state index contributed by atoms with van der Waals surface area (Å²) < 4.78 is 23.2. The van der Waals surface area contributed by atoms with E-state index in [9.17, 15) is 13.2 Å². The van der Waals surface area contributed by atoms with E-state index in [0.717, 1.165) is 11.3 Å². The number of aryl methyl sites for hydroxylation is 2. The molecule has 17 heavy (non-hydrogen) atoms. The summed E-state index contributed by atoms with van der Waals surface area (Å²) in [6, 6.07) is 3.59. The first-order valence-corrected chi connectivity index (χ1v) is 6.90. The zero-order valence-corrected chi connectivity index (χ0v) is 10.6. The Labute approximate surface area is 100 Å². The van der Waals surface area contributed by atoms with Gasteiger partial charge in [-0.25, -0.2) is 8.42 Å². The number of hydrogen-bond donors (Lipinski definition) is 1. The Balaban J connectivity index is 2.68. The van der Waals surface area contributed by atoms with E-state index in [1.807, 2.05) is 6.92 Å². The van der Waals surface area contributed by atoms with Crippen LogP contribution in [0, 0.1) is 6.92 Å². The number of rotatable bonds is 5. The maximum Gasteiger partial charge on any atom is 0.321 e. The lowest BCUT2D eigenvalue weighted by Gasteiger charge is -2.08. The molecular weight excluding hydrogens is 242 g/mol. The summed E-state index contributed by atoms with van der Waals surface area (Å²) >= 11 is 0. The molecule has 0 radical (unpaired) electrons. The number of carboxylic acids is 1. The van der Waals surface area contributed by atoms with Gasteiger partial charge in [-0.3, -0.25) is 9.78 Å². The molecule has 1 N–H and O–H groups in total. The van der Waals surface area contributed by atoms with Crippen molar-refractivity contribution in [3.8, 4) is 0 Å². The SMILES string of the molecule is Cc1ccc(CCS(=O)(=O)C(C)C(=O)O)cn1. The Hall–Kier alpha value is -1.43. The van der Waals surface area contributed by atoms with Crippen LogP contribution in [0.25, 0.3) is 0 Å². The highest BCUT2D eigenvalue weighted by Gasteiger charge is 2.26. The van der Waals surface area contributed by atoms with Gasteiger partial charge in [-0.05, 0) is 31.9 Å². The molecule has 94 valence electrons.